The van der Waals surface area contributed by atoms with Crippen molar-refractivity contribution in [3.63, 3.8) is 0 Å². The van der Waals surface area contributed by atoms with E-state index >= 15 is 0 Å². The molecule has 118 valence electrons. The van der Waals surface area contributed by atoms with E-state index in [0.717, 1.165) is 12.8 Å². The molecular weight excluding hydrogens is 240 g/mol. The molecule has 0 N–H and O–H groups in total. The van der Waals surface area contributed by atoms with Crippen molar-refractivity contribution >= 4 is 0 Å². The molecule has 0 fully saturated rings. The summed E-state index contributed by atoms with van der Waals surface area (Å²) in [6.45, 7) is 9.25. The number of hydrogen-bond donors (Lipinski definition) is 0. The molecule has 0 atom stereocenters. The third-order valence-electron chi connectivity index (χ3n) is 4.12. The lowest BCUT2D eigenvalue weighted by molar-refractivity contribution is 0.531. The topological polar surface area (TPSA) is 0 Å². The molecule has 0 saturated heterocycles. The smallest absolute Gasteiger partial charge is 0.0348 e. The van der Waals surface area contributed by atoms with E-state index in [1.54, 1.807) is 6.08 Å². The molecule has 0 amide bonds. The molecule has 2 radical (unpaired) electrons. The predicted octanol–water partition coefficient (Wildman–Crippen LogP) is 7.44. The summed E-state index contributed by atoms with van der Waals surface area (Å²) in [5, 5.41) is 0. The molecule has 0 saturated carbocycles. The maximum absolute atomic E-state index is 5.36. The molecule has 0 heterocycles. The highest BCUT2D eigenvalue weighted by atomic mass is 14.0. The molecule has 0 spiro atoms. The van der Waals surface area contributed by atoms with Crippen molar-refractivity contribution in [2.24, 2.45) is 0 Å². The van der Waals surface area contributed by atoms with Crippen LogP contribution in [0.25, 0.3) is 0 Å². The zero-order valence-electron chi connectivity index (χ0n) is 13.9. The van der Waals surface area contributed by atoms with E-state index in [2.05, 4.69) is 6.92 Å². The van der Waals surface area contributed by atoms with Gasteiger partial charge in [-0.2, -0.15) is 0 Å². The van der Waals surface area contributed by atoms with Gasteiger partial charge in [0.25, 0.3) is 0 Å². The molecule has 0 aliphatic carbocycles. The largest absolute Gasteiger partial charge is 0.0845 e. The summed E-state index contributed by atoms with van der Waals surface area (Å²) in [6.07, 6.45) is 25.3. The molecular formula is C20H38. The highest BCUT2D eigenvalue weighted by Crippen LogP contribution is 2.13. The van der Waals surface area contributed by atoms with Crippen molar-refractivity contribution < 1.29 is 0 Å². The zero-order chi connectivity index (χ0) is 14.7. The number of allylic oxidation sites excluding steroid dienone is 1. The molecule has 0 unspecified atom stereocenters. The second-order valence-electron chi connectivity index (χ2n) is 6.18. The van der Waals surface area contributed by atoms with E-state index in [1.165, 1.54) is 96.3 Å². The summed E-state index contributed by atoms with van der Waals surface area (Å²) in [5.74, 6) is 0. The van der Waals surface area contributed by atoms with Crippen molar-refractivity contribution in [2.75, 3.05) is 0 Å². The molecule has 0 heteroatoms. The third kappa shape index (κ3) is 17.7. The summed E-state index contributed by atoms with van der Waals surface area (Å²) >= 11 is 0. The minimum absolute atomic E-state index is 1.09. The van der Waals surface area contributed by atoms with Gasteiger partial charge in [-0.15, -0.1) is 0 Å². The summed E-state index contributed by atoms with van der Waals surface area (Å²) < 4.78 is 0. The van der Waals surface area contributed by atoms with E-state index in [9.17, 15) is 0 Å². The van der Waals surface area contributed by atoms with Crippen LogP contribution in [0.2, 0.25) is 0 Å². The summed E-state index contributed by atoms with van der Waals surface area (Å²) in [7, 11) is 0. The Labute approximate surface area is 129 Å². The lowest BCUT2D eigenvalue weighted by Crippen LogP contribution is -1.83. The highest BCUT2D eigenvalue weighted by Gasteiger charge is 1.94. The number of unbranched alkanes of at least 4 members (excludes halogenated alkanes) is 16. The first-order valence-electron chi connectivity index (χ1n) is 9.24. The maximum Gasteiger partial charge on any atom is -0.0348 e. The lowest BCUT2D eigenvalue weighted by Gasteiger charge is -2.03. The van der Waals surface area contributed by atoms with E-state index in [0.29, 0.717) is 0 Å². The maximum atomic E-state index is 5.36. The minimum Gasteiger partial charge on any atom is -0.0845 e. The quantitative estimate of drug-likeness (QED) is 0.242. The number of rotatable bonds is 17. The van der Waals surface area contributed by atoms with Crippen molar-refractivity contribution in [3.05, 3.63) is 19.6 Å². The van der Waals surface area contributed by atoms with Crippen molar-refractivity contribution in [3.8, 4) is 0 Å². The first-order valence-corrected chi connectivity index (χ1v) is 9.24. The zero-order valence-corrected chi connectivity index (χ0v) is 13.9. The van der Waals surface area contributed by atoms with E-state index in [1.807, 2.05) is 0 Å². The van der Waals surface area contributed by atoms with Gasteiger partial charge in [-0.05, 0) is 12.8 Å². The Kier molecular flexibility index (Phi) is 18.5. The van der Waals surface area contributed by atoms with Crippen molar-refractivity contribution in [1.29, 1.82) is 0 Å². The Balaban J connectivity index is 2.90. The van der Waals surface area contributed by atoms with Crippen LogP contribution in [0.5, 0.6) is 0 Å². The predicted molar refractivity (Wildman–Crippen MR) is 92.7 cm³/mol. The van der Waals surface area contributed by atoms with Gasteiger partial charge in [0.1, 0.15) is 0 Å². The van der Waals surface area contributed by atoms with Crippen LogP contribution >= 0.6 is 0 Å². The Bertz CT molecular complexity index is 171. The Morgan fingerprint density at radius 1 is 0.500 bits per heavy atom. The molecule has 0 aromatic rings. The van der Waals surface area contributed by atoms with Crippen molar-refractivity contribution in [1.82, 2.24) is 0 Å². The molecule has 0 rings (SSSR count). The van der Waals surface area contributed by atoms with Gasteiger partial charge < -0.3 is 0 Å². The molecule has 0 aromatic heterocycles. The van der Waals surface area contributed by atoms with Gasteiger partial charge in [0.2, 0.25) is 0 Å². The van der Waals surface area contributed by atoms with Crippen LogP contribution in [0.1, 0.15) is 109 Å². The number of hydrogen-bond acceptors (Lipinski definition) is 0. The first kappa shape index (κ1) is 19.7. The standard InChI is InChI=1S/C20H38/c1-3-5-7-9-11-13-15-17-19-20-18-16-14-12-10-8-6-4-2/h1,3H,2,4-20H2. The van der Waals surface area contributed by atoms with Crippen LogP contribution in [0.4, 0.5) is 0 Å². The molecule has 20 heavy (non-hydrogen) atoms. The molecule has 0 aliphatic rings. The fraction of sp³-hybridized carbons (Fsp3) is 0.850. The van der Waals surface area contributed by atoms with Crippen LogP contribution in [0.3, 0.4) is 0 Å². The monoisotopic (exact) mass is 278 g/mol. The van der Waals surface area contributed by atoms with Gasteiger partial charge in [0, 0.05) is 0 Å². The minimum atomic E-state index is 1.09. The van der Waals surface area contributed by atoms with Crippen LogP contribution in [0.15, 0.2) is 6.08 Å². The van der Waals surface area contributed by atoms with Gasteiger partial charge in [-0.25, -0.2) is 0 Å². The van der Waals surface area contributed by atoms with Crippen LogP contribution in [0, 0.1) is 13.5 Å². The van der Waals surface area contributed by atoms with Gasteiger partial charge in [-0.1, -0.05) is 116 Å². The van der Waals surface area contributed by atoms with E-state index in [4.69, 9.17) is 6.58 Å². The molecule has 0 aromatic carbocycles. The van der Waals surface area contributed by atoms with Gasteiger partial charge in [0.05, 0.1) is 0 Å². The van der Waals surface area contributed by atoms with E-state index < -0.39 is 0 Å². The normalized spacial score (nSPS) is 10.8. The average Bonchev–Trinajstić information content (AvgIpc) is 2.47. The Hall–Kier alpha value is -0.260. The van der Waals surface area contributed by atoms with Gasteiger partial charge in [0.15, 0.2) is 0 Å². The Morgan fingerprint density at radius 2 is 0.800 bits per heavy atom. The van der Waals surface area contributed by atoms with Gasteiger partial charge >= 0.3 is 0 Å². The van der Waals surface area contributed by atoms with Crippen LogP contribution < -0.4 is 0 Å². The SMILES string of the molecule is [CH]=CCCCCCCCCCCCCCCCCC[CH2]. The fourth-order valence-corrected chi connectivity index (χ4v) is 2.74. The highest BCUT2D eigenvalue weighted by molar-refractivity contribution is 4.61. The van der Waals surface area contributed by atoms with Crippen LogP contribution in [-0.4, -0.2) is 0 Å². The van der Waals surface area contributed by atoms with Crippen LogP contribution in [-0.2, 0) is 0 Å². The second kappa shape index (κ2) is 18.7. The van der Waals surface area contributed by atoms with E-state index in [-0.39, 0.29) is 0 Å². The Morgan fingerprint density at radius 3 is 1.10 bits per heavy atom. The first-order chi connectivity index (χ1) is 9.91. The third-order valence-corrected chi connectivity index (χ3v) is 4.12. The average molecular weight is 279 g/mol. The summed E-state index contributed by atoms with van der Waals surface area (Å²) in [6, 6.07) is 0. The second-order valence-corrected chi connectivity index (χ2v) is 6.18. The van der Waals surface area contributed by atoms with Crippen molar-refractivity contribution in [2.45, 2.75) is 109 Å². The van der Waals surface area contributed by atoms with Gasteiger partial charge in [-0.3, -0.25) is 0 Å². The molecule has 0 aliphatic heterocycles. The molecule has 0 bridgehead atoms. The molecule has 0 nitrogen and oxygen atoms in total. The summed E-state index contributed by atoms with van der Waals surface area (Å²) in [4.78, 5) is 0. The summed E-state index contributed by atoms with van der Waals surface area (Å²) in [5.41, 5.74) is 0. The lowest BCUT2D eigenvalue weighted by atomic mass is 10.0. The fourth-order valence-electron chi connectivity index (χ4n) is 2.74.